The summed E-state index contributed by atoms with van der Waals surface area (Å²) in [6.45, 7) is 4.11. The van der Waals surface area contributed by atoms with Crippen LogP contribution < -0.4 is 5.32 Å². The Kier molecular flexibility index (Phi) is 5.45. The third-order valence-electron chi connectivity index (χ3n) is 3.75. The highest BCUT2D eigenvalue weighted by Gasteiger charge is 2.11. The van der Waals surface area contributed by atoms with Crippen LogP contribution in [-0.2, 0) is 0 Å². The number of aromatic nitrogens is 2. The first-order chi connectivity index (χ1) is 12.0. The number of benzene rings is 2. The number of nitrogens with zero attached hydrogens (tertiary/aromatic N) is 2. The largest absolute Gasteiger partial charge is 0.330 e. The van der Waals surface area contributed by atoms with Gasteiger partial charge in [-0.2, -0.15) is 0 Å². The number of aryl methyl sites for hydroxylation is 1. The Hall–Kier alpha value is -2.25. The quantitative estimate of drug-likeness (QED) is 0.486. The molecule has 3 aromatic rings. The van der Waals surface area contributed by atoms with E-state index in [9.17, 15) is 9.18 Å². The lowest BCUT2D eigenvalue weighted by atomic mass is 10.1. The second-order valence-corrected chi connectivity index (χ2v) is 7.66. The van der Waals surface area contributed by atoms with Crippen molar-refractivity contribution < 1.29 is 9.18 Å². The zero-order valence-corrected chi connectivity index (χ0v) is 15.4. The Morgan fingerprint density at radius 3 is 2.68 bits per heavy atom. The molecule has 1 aromatic heterocycles. The van der Waals surface area contributed by atoms with Crippen molar-refractivity contribution in [3.8, 4) is 0 Å². The molecule has 0 unspecified atom stereocenters. The molecule has 7 heteroatoms. The predicted octanol–water partition coefficient (Wildman–Crippen LogP) is 5.01. The predicted molar refractivity (Wildman–Crippen MR) is 101 cm³/mol. The lowest BCUT2D eigenvalue weighted by Crippen LogP contribution is -2.01. The van der Waals surface area contributed by atoms with Crippen LogP contribution in [0.3, 0.4) is 0 Å². The van der Waals surface area contributed by atoms with Crippen molar-refractivity contribution in [3.05, 3.63) is 65.0 Å². The Morgan fingerprint density at radius 2 is 1.92 bits per heavy atom. The molecule has 0 aliphatic heterocycles. The highest BCUT2D eigenvalue weighted by atomic mass is 32.2. The molecule has 0 atom stereocenters. The number of hydrogen-bond donors (Lipinski definition) is 1. The molecule has 0 amide bonds. The minimum Gasteiger partial charge on any atom is -0.330 e. The molecule has 25 heavy (non-hydrogen) atoms. The van der Waals surface area contributed by atoms with Crippen LogP contribution in [0, 0.1) is 19.7 Å². The fourth-order valence-electron chi connectivity index (χ4n) is 2.17. The lowest BCUT2D eigenvalue weighted by molar-refractivity contribution is 0.102. The Morgan fingerprint density at radius 1 is 1.16 bits per heavy atom. The molecule has 1 heterocycles. The van der Waals surface area contributed by atoms with Crippen LogP contribution in [0.25, 0.3) is 0 Å². The number of rotatable bonds is 6. The minimum atomic E-state index is -0.351. The Labute approximate surface area is 153 Å². The Bertz CT molecular complexity index is 894. The van der Waals surface area contributed by atoms with Crippen LogP contribution in [0.4, 0.5) is 15.2 Å². The smallest absolute Gasteiger partial charge is 0.210 e. The fourth-order valence-corrected chi connectivity index (χ4v) is 3.83. The van der Waals surface area contributed by atoms with E-state index in [1.807, 2.05) is 12.1 Å². The van der Waals surface area contributed by atoms with E-state index < -0.39 is 0 Å². The second-order valence-electron chi connectivity index (χ2n) is 5.46. The van der Waals surface area contributed by atoms with Crippen molar-refractivity contribution in [1.82, 2.24) is 10.2 Å². The summed E-state index contributed by atoms with van der Waals surface area (Å²) < 4.78 is 13.6. The van der Waals surface area contributed by atoms with E-state index in [0.29, 0.717) is 15.0 Å². The van der Waals surface area contributed by atoms with Gasteiger partial charge in [0.25, 0.3) is 0 Å². The van der Waals surface area contributed by atoms with Gasteiger partial charge in [-0.15, -0.1) is 10.2 Å². The van der Waals surface area contributed by atoms with Gasteiger partial charge in [0, 0.05) is 11.3 Å². The summed E-state index contributed by atoms with van der Waals surface area (Å²) in [6.07, 6.45) is 0. The summed E-state index contributed by atoms with van der Waals surface area (Å²) in [5.74, 6) is -0.177. The number of thioether (sulfide) groups is 1. The number of anilines is 2. The van der Waals surface area contributed by atoms with E-state index >= 15 is 0 Å². The summed E-state index contributed by atoms with van der Waals surface area (Å²) in [6, 6.07) is 11.6. The van der Waals surface area contributed by atoms with Crippen LogP contribution in [0.1, 0.15) is 21.5 Å². The van der Waals surface area contributed by atoms with Crippen molar-refractivity contribution >= 4 is 39.7 Å². The maximum absolute atomic E-state index is 12.9. The maximum atomic E-state index is 12.9. The number of Topliss-reactive ketones (excluding diaryl/α,β-unsaturated/α-hetero) is 1. The van der Waals surface area contributed by atoms with E-state index in [4.69, 9.17) is 0 Å². The molecule has 128 valence electrons. The highest BCUT2D eigenvalue weighted by molar-refractivity contribution is 8.01. The molecular formula is C18H16FN3OS2. The summed E-state index contributed by atoms with van der Waals surface area (Å²) in [7, 11) is 0. The van der Waals surface area contributed by atoms with Gasteiger partial charge in [0.2, 0.25) is 5.13 Å². The monoisotopic (exact) mass is 373 g/mol. The summed E-state index contributed by atoms with van der Waals surface area (Å²) in [4.78, 5) is 12.1. The summed E-state index contributed by atoms with van der Waals surface area (Å²) in [5, 5.41) is 12.2. The van der Waals surface area contributed by atoms with Gasteiger partial charge in [0.1, 0.15) is 5.82 Å². The first-order valence-electron chi connectivity index (χ1n) is 7.61. The van der Waals surface area contributed by atoms with Crippen LogP contribution in [-0.4, -0.2) is 21.7 Å². The summed E-state index contributed by atoms with van der Waals surface area (Å²) >= 11 is 2.73. The topological polar surface area (TPSA) is 54.9 Å². The first kappa shape index (κ1) is 17.6. The van der Waals surface area contributed by atoms with Gasteiger partial charge in [-0.1, -0.05) is 35.2 Å². The third kappa shape index (κ3) is 4.43. The van der Waals surface area contributed by atoms with Gasteiger partial charge in [0.05, 0.1) is 5.75 Å². The maximum Gasteiger partial charge on any atom is 0.210 e. The van der Waals surface area contributed by atoms with Gasteiger partial charge < -0.3 is 5.32 Å². The molecule has 1 N–H and O–H groups in total. The first-order valence-corrected chi connectivity index (χ1v) is 9.41. The summed E-state index contributed by atoms with van der Waals surface area (Å²) in [5.41, 5.74) is 3.86. The Balaban J connectivity index is 1.61. The van der Waals surface area contributed by atoms with E-state index in [-0.39, 0.29) is 17.4 Å². The van der Waals surface area contributed by atoms with Gasteiger partial charge in [-0.25, -0.2) is 4.39 Å². The molecule has 0 radical (unpaired) electrons. The third-order valence-corrected chi connectivity index (χ3v) is 5.72. The van der Waals surface area contributed by atoms with Crippen molar-refractivity contribution in [2.45, 2.75) is 18.2 Å². The number of carbonyl (C=O) groups is 1. The molecule has 0 fully saturated rings. The van der Waals surface area contributed by atoms with E-state index in [2.05, 4.69) is 35.4 Å². The van der Waals surface area contributed by atoms with Crippen LogP contribution in [0.15, 0.2) is 46.8 Å². The van der Waals surface area contributed by atoms with Crippen LogP contribution in [0.5, 0.6) is 0 Å². The van der Waals surface area contributed by atoms with Gasteiger partial charge in [-0.3, -0.25) is 4.79 Å². The number of ketones is 1. The zero-order chi connectivity index (χ0) is 17.8. The average molecular weight is 373 g/mol. The lowest BCUT2D eigenvalue weighted by Gasteiger charge is -2.08. The number of nitrogens with one attached hydrogen (secondary N) is 1. The number of halogens is 1. The van der Waals surface area contributed by atoms with Crippen molar-refractivity contribution in [2.75, 3.05) is 11.1 Å². The van der Waals surface area contributed by atoms with Crippen molar-refractivity contribution in [3.63, 3.8) is 0 Å². The molecule has 0 bridgehead atoms. The van der Waals surface area contributed by atoms with Crippen LogP contribution in [0.2, 0.25) is 0 Å². The molecule has 0 spiro atoms. The standard InChI is InChI=1S/C18H16FN3OS2/c1-11-4-3-5-15(12(11)2)20-17-21-22-18(25-17)24-10-16(23)13-6-8-14(19)9-7-13/h3-9H,10H2,1-2H3,(H,20,21). The molecule has 0 aliphatic carbocycles. The zero-order valence-electron chi connectivity index (χ0n) is 13.7. The molecular weight excluding hydrogens is 357 g/mol. The molecule has 0 saturated heterocycles. The molecule has 3 rings (SSSR count). The fraction of sp³-hybridized carbons (Fsp3) is 0.167. The van der Waals surface area contributed by atoms with E-state index in [1.54, 1.807) is 0 Å². The molecule has 2 aromatic carbocycles. The van der Waals surface area contributed by atoms with Gasteiger partial charge >= 0.3 is 0 Å². The molecule has 4 nitrogen and oxygen atoms in total. The molecule has 0 saturated carbocycles. The van der Waals surface area contributed by atoms with Gasteiger partial charge in [0.15, 0.2) is 10.1 Å². The van der Waals surface area contributed by atoms with Crippen molar-refractivity contribution in [2.24, 2.45) is 0 Å². The van der Waals surface area contributed by atoms with Crippen molar-refractivity contribution in [1.29, 1.82) is 0 Å². The number of carbonyl (C=O) groups excluding carboxylic acids is 1. The second kappa shape index (κ2) is 7.76. The average Bonchev–Trinajstić information content (AvgIpc) is 3.05. The number of hydrogen-bond acceptors (Lipinski definition) is 6. The SMILES string of the molecule is Cc1cccc(Nc2nnc(SCC(=O)c3ccc(F)cc3)s2)c1C. The van der Waals surface area contributed by atoms with Crippen LogP contribution >= 0.6 is 23.1 Å². The van der Waals surface area contributed by atoms with E-state index in [1.165, 1.54) is 58.5 Å². The van der Waals surface area contributed by atoms with Gasteiger partial charge in [-0.05, 0) is 55.3 Å². The normalized spacial score (nSPS) is 10.7. The molecule has 0 aliphatic rings. The highest BCUT2D eigenvalue weighted by Crippen LogP contribution is 2.29. The minimum absolute atomic E-state index is 0.0655. The van der Waals surface area contributed by atoms with E-state index in [0.717, 1.165) is 5.69 Å².